The highest BCUT2D eigenvalue weighted by Crippen LogP contribution is 2.29. The Balaban J connectivity index is 2.08. The third-order valence-electron chi connectivity index (χ3n) is 2.70. The summed E-state index contributed by atoms with van der Waals surface area (Å²) in [6.45, 7) is 1.97. The first kappa shape index (κ1) is 13.5. The van der Waals surface area contributed by atoms with Crippen molar-refractivity contribution in [3.05, 3.63) is 59.1 Å². The van der Waals surface area contributed by atoms with Gasteiger partial charge in [0, 0.05) is 14.8 Å². The Bertz CT molecular complexity index is 493. The summed E-state index contributed by atoms with van der Waals surface area (Å²) in [4.78, 5) is 2.31. The first-order valence-electron chi connectivity index (χ1n) is 5.90. The minimum Gasteiger partial charge on any atom is -0.388 e. The zero-order valence-corrected chi connectivity index (χ0v) is 11.7. The third kappa shape index (κ3) is 3.52. The third-order valence-corrected chi connectivity index (χ3v) is 3.97. The van der Waals surface area contributed by atoms with Crippen molar-refractivity contribution in [3.8, 4) is 0 Å². The molecule has 0 aliphatic carbocycles. The fraction of sp³-hybridized carbons (Fsp3) is 0.200. The lowest BCUT2D eigenvalue weighted by Crippen LogP contribution is -1.93. The molecule has 18 heavy (non-hydrogen) atoms. The molecule has 0 heterocycles. The van der Waals surface area contributed by atoms with Crippen molar-refractivity contribution in [2.45, 2.75) is 29.2 Å². The lowest BCUT2D eigenvalue weighted by Gasteiger charge is -2.08. The Labute approximate surface area is 117 Å². The molecule has 2 aromatic carbocycles. The van der Waals surface area contributed by atoms with Crippen LogP contribution in [-0.2, 0) is 0 Å². The number of halogens is 1. The van der Waals surface area contributed by atoms with Gasteiger partial charge in [-0.05, 0) is 48.4 Å². The highest BCUT2D eigenvalue weighted by molar-refractivity contribution is 7.99. The minimum absolute atomic E-state index is 0.361. The molecule has 0 radical (unpaired) electrons. The molecule has 0 saturated heterocycles. The molecule has 1 N–H and O–H groups in total. The van der Waals surface area contributed by atoms with Crippen molar-refractivity contribution in [2.24, 2.45) is 0 Å². The Hall–Kier alpha value is -0.960. The Morgan fingerprint density at radius 3 is 2.00 bits per heavy atom. The topological polar surface area (TPSA) is 20.2 Å². The van der Waals surface area contributed by atoms with Crippen LogP contribution in [0.15, 0.2) is 58.3 Å². The first-order chi connectivity index (χ1) is 8.69. The van der Waals surface area contributed by atoms with Gasteiger partial charge >= 0.3 is 0 Å². The molecule has 2 rings (SSSR count). The smallest absolute Gasteiger partial charge is 0.0787 e. The van der Waals surface area contributed by atoms with Crippen LogP contribution in [0.2, 0.25) is 5.02 Å². The van der Waals surface area contributed by atoms with E-state index in [0.29, 0.717) is 0 Å². The van der Waals surface area contributed by atoms with Gasteiger partial charge in [0.05, 0.1) is 6.10 Å². The molecule has 0 aliphatic heterocycles. The van der Waals surface area contributed by atoms with E-state index < -0.39 is 0 Å². The Kier molecular flexibility index (Phi) is 4.70. The lowest BCUT2D eigenvalue weighted by atomic mass is 10.1. The average molecular weight is 279 g/mol. The molecule has 0 spiro atoms. The van der Waals surface area contributed by atoms with Crippen molar-refractivity contribution in [3.63, 3.8) is 0 Å². The van der Waals surface area contributed by atoms with E-state index in [1.54, 1.807) is 11.8 Å². The number of hydrogen-bond acceptors (Lipinski definition) is 2. The second-order valence-corrected chi connectivity index (χ2v) is 5.63. The molecule has 94 valence electrons. The molecule has 0 unspecified atom stereocenters. The van der Waals surface area contributed by atoms with Gasteiger partial charge in [0.1, 0.15) is 0 Å². The second kappa shape index (κ2) is 6.28. The predicted molar refractivity (Wildman–Crippen MR) is 77.3 cm³/mol. The van der Waals surface area contributed by atoms with E-state index in [9.17, 15) is 5.11 Å². The maximum atomic E-state index is 9.72. The van der Waals surface area contributed by atoms with Crippen molar-refractivity contribution in [1.29, 1.82) is 0 Å². The van der Waals surface area contributed by atoms with E-state index in [-0.39, 0.29) is 6.10 Å². The Morgan fingerprint density at radius 2 is 1.50 bits per heavy atom. The summed E-state index contributed by atoms with van der Waals surface area (Å²) >= 11 is 7.53. The van der Waals surface area contributed by atoms with E-state index in [1.807, 2.05) is 55.5 Å². The summed E-state index contributed by atoms with van der Waals surface area (Å²) in [5.41, 5.74) is 0.970. The fourth-order valence-corrected chi connectivity index (χ4v) is 2.57. The standard InChI is InChI=1S/C15H15ClOS/c1-2-15(17)11-3-7-13(8-4-11)18-14-9-5-12(16)6-10-14/h3-10,15,17H,2H2,1H3/t15-/m1/s1. The monoisotopic (exact) mass is 278 g/mol. The molecule has 3 heteroatoms. The largest absolute Gasteiger partial charge is 0.388 e. The van der Waals surface area contributed by atoms with Crippen molar-refractivity contribution >= 4 is 23.4 Å². The number of aliphatic hydroxyl groups is 1. The summed E-state index contributed by atoms with van der Waals surface area (Å²) in [5.74, 6) is 0. The molecular weight excluding hydrogens is 264 g/mol. The molecule has 0 fully saturated rings. The number of aliphatic hydroxyl groups excluding tert-OH is 1. The predicted octanol–water partition coefficient (Wildman–Crippen LogP) is 4.93. The van der Waals surface area contributed by atoms with Gasteiger partial charge in [0.25, 0.3) is 0 Å². The molecule has 0 saturated carbocycles. The van der Waals surface area contributed by atoms with E-state index in [4.69, 9.17) is 11.6 Å². The van der Waals surface area contributed by atoms with Crippen LogP contribution in [0.3, 0.4) is 0 Å². The number of benzene rings is 2. The van der Waals surface area contributed by atoms with Crippen LogP contribution in [0.5, 0.6) is 0 Å². The van der Waals surface area contributed by atoms with Crippen LogP contribution < -0.4 is 0 Å². The molecule has 0 aliphatic rings. The molecule has 2 aromatic rings. The highest BCUT2D eigenvalue weighted by Gasteiger charge is 2.04. The van der Waals surface area contributed by atoms with Gasteiger partial charge < -0.3 is 5.11 Å². The lowest BCUT2D eigenvalue weighted by molar-refractivity contribution is 0.173. The molecule has 1 atom stereocenters. The highest BCUT2D eigenvalue weighted by atomic mass is 35.5. The SMILES string of the molecule is CC[C@@H](O)c1ccc(Sc2ccc(Cl)cc2)cc1. The van der Waals surface area contributed by atoms with Crippen LogP contribution >= 0.6 is 23.4 Å². The minimum atomic E-state index is -0.361. The summed E-state index contributed by atoms with van der Waals surface area (Å²) in [5, 5.41) is 10.5. The molecular formula is C15H15ClOS. The van der Waals surface area contributed by atoms with Gasteiger partial charge in [-0.2, -0.15) is 0 Å². The Morgan fingerprint density at radius 1 is 1.00 bits per heavy atom. The maximum Gasteiger partial charge on any atom is 0.0787 e. The van der Waals surface area contributed by atoms with Crippen molar-refractivity contribution < 1.29 is 5.11 Å². The average Bonchev–Trinajstić information content (AvgIpc) is 2.41. The van der Waals surface area contributed by atoms with E-state index in [0.717, 1.165) is 26.8 Å². The fourth-order valence-electron chi connectivity index (χ4n) is 1.63. The second-order valence-electron chi connectivity index (χ2n) is 4.05. The van der Waals surface area contributed by atoms with Gasteiger partial charge in [-0.3, -0.25) is 0 Å². The van der Waals surface area contributed by atoms with Gasteiger partial charge in [-0.1, -0.05) is 42.4 Å². The quantitative estimate of drug-likeness (QED) is 0.855. The molecule has 1 nitrogen and oxygen atoms in total. The van der Waals surface area contributed by atoms with Crippen molar-refractivity contribution in [1.82, 2.24) is 0 Å². The van der Waals surface area contributed by atoms with Crippen molar-refractivity contribution in [2.75, 3.05) is 0 Å². The molecule has 0 amide bonds. The van der Waals surface area contributed by atoms with E-state index >= 15 is 0 Å². The number of hydrogen-bond donors (Lipinski definition) is 1. The van der Waals surface area contributed by atoms with Gasteiger partial charge in [-0.25, -0.2) is 0 Å². The number of rotatable bonds is 4. The maximum absolute atomic E-state index is 9.72. The van der Waals surface area contributed by atoms with Crippen LogP contribution in [0.25, 0.3) is 0 Å². The summed E-state index contributed by atoms with van der Waals surface area (Å²) < 4.78 is 0. The van der Waals surface area contributed by atoms with Gasteiger partial charge in [0.2, 0.25) is 0 Å². The van der Waals surface area contributed by atoms with E-state index in [2.05, 4.69) is 0 Å². The van der Waals surface area contributed by atoms with E-state index in [1.165, 1.54) is 0 Å². The van der Waals surface area contributed by atoms with Crippen LogP contribution in [0, 0.1) is 0 Å². The van der Waals surface area contributed by atoms with Gasteiger partial charge in [0.15, 0.2) is 0 Å². The molecule has 0 bridgehead atoms. The van der Waals surface area contributed by atoms with Crippen LogP contribution in [0.4, 0.5) is 0 Å². The summed E-state index contributed by atoms with van der Waals surface area (Å²) in [6.07, 6.45) is 0.378. The zero-order chi connectivity index (χ0) is 13.0. The van der Waals surface area contributed by atoms with Crippen LogP contribution in [-0.4, -0.2) is 5.11 Å². The zero-order valence-electron chi connectivity index (χ0n) is 10.1. The first-order valence-corrected chi connectivity index (χ1v) is 7.10. The normalized spacial score (nSPS) is 12.4. The summed E-state index contributed by atoms with van der Waals surface area (Å²) in [7, 11) is 0. The van der Waals surface area contributed by atoms with Crippen LogP contribution in [0.1, 0.15) is 25.0 Å². The molecule has 0 aromatic heterocycles. The van der Waals surface area contributed by atoms with Gasteiger partial charge in [-0.15, -0.1) is 0 Å². The summed E-state index contributed by atoms with van der Waals surface area (Å²) in [6, 6.07) is 15.8.